The fourth-order valence-corrected chi connectivity index (χ4v) is 3.59. The molecule has 1 fully saturated rings. The van der Waals surface area contributed by atoms with Gasteiger partial charge in [-0.05, 0) is 50.3 Å². The number of methoxy groups -OCH3 is 1. The number of benzene rings is 1. The SMILES string of the molecule is COC(=O)c1ccc(C)c2c1N(C(=O)C1COC(C)C1)CCC2. The summed E-state index contributed by atoms with van der Waals surface area (Å²) in [7, 11) is 1.37. The number of esters is 1. The molecular formula is C18H23NO4. The summed E-state index contributed by atoms with van der Waals surface area (Å²) in [6.45, 7) is 5.12. The van der Waals surface area contributed by atoms with Crippen LogP contribution in [-0.4, -0.2) is 38.2 Å². The largest absolute Gasteiger partial charge is 0.465 e. The van der Waals surface area contributed by atoms with Crippen LogP contribution in [0, 0.1) is 12.8 Å². The van der Waals surface area contributed by atoms with Crippen molar-refractivity contribution in [3.8, 4) is 0 Å². The maximum absolute atomic E-state index is 13.0. The van der Waals surface area contributed by atoms with E-state index in [1.54, 1.807) is 11.0 Å². The Hall–Kier alpha value is -1.88. The van der Waals surface area contributed by atoms with Gasteiger partial charge in [-0.25, -0.2) is 4.79 Å². The summed E-state index contributed by atoms with van der Waals surface area (Å²) < 4.78 is 10.5. The number of carbonyl (C=O) groups is 2. The van der Waals surface area contributed by atoms with Gasteiger partial charge in [-0.1, -0.05) is 6.07 Å². The van der Waals surface area contributed by atoms with Crippen LogP contribution in [0.25, 0.3) is 0 Å². The molecule has 1 aromatic carbocycles. The number of rotatable bonds is 2. The molecular weight excluding hydrogens is 294 g/mol. The molecule has 0 aliphatic carbocycles. The van der Waals surface area contributed by atoms with Gasteiger partial charge in [0.1, 0.15) is 0 Å². The number of carbonyl (C=O) groups excluding carboxylic acids is 2. The van der Waals surface area contributed by atoms with Crippen LogP contribution in [0.15, 0.2) is 12.1 Å². The van der Waals surface area contributed by atoms with Gasteiger partial charge in [-0.15, -0.1) is 0 Å². The highest BCUT2D eigenvalue weighted by atomic mass is 16.5. The molecule has 0 spiro atoms. The monoisotopic (exact) mass is 317 g/mol. The van der Waals surface area contributed by atoms with Crippen LogP contribution in [-0.2, 0) is 20.7 Å². The van der Waals surface area contributed by atoms with Crippen LogP contribution in [0.1, 0.15) is 41.3 Å². The van der Waals surface area contributed by atoms with E-state index in [1.807, 2.05) is 19.9 Å². The van der Waals surface area contributed by atoms with Gasteiger partial charge in [0.05, 0.1) is 37.0 Å². The van der Waals surface area contributed by atoms with Crippen molar-refractivity contribution in [1.29, 1.82) is 0 Å². The van der Waals surface area contributed by atoms with Crippen molar-refractivity contribution in [3.05, 3.63) is 28.8 Å². The number of hydrogen-bond acceptors (Lipinski definition) is 4. The Morgan fingerprint density at radius 1 is 1.35 bits per heavy atom. The van der Waals surface area contributed by atoms with Gasteiger partial charge in [0, 0.05) is 6.54 Å². The second-order valence-electron chi connectivity index (χ2n) is 6.42. The molecule has 1 saturated heterocycles. The van der Waals surface area contributed by atoms with Gasteiger partial charge in [0.15, 0.2) is 0 Å². The number of hydrogen-bond donors (Lipinski definition) is 0. The highest BCUT2D eigenvalue weighted by molar-refractivity contribution is 6.05. The zero-order valence-corrected chi connectivity index (χ0v) is 13.9. The third kappa shape index (κ3) is 2.85. The lowest BCUT2D eigenvalue weighted by atomic mass is 9.92. The molecule has 3 rings (SSSR count). The minimum absolute atomic E-state index is 0.0612. The Labute approximate surface area is 136 Å². The van der Waals surface area contributed by atoms with Crippen molar-refractivity contribution in [1.82, 2.24) is 0 Å². The van der Waals surface area contributed by atoms with Gasteiger partial charge < -0.3 is 14.4 Å². The zero-order chi connectivity index (χ0) is 16.6. The van der Waals surface area contributed by atoms with Gasteiger partial charge >= 0.3 is 5.97 Å². The summed E-state index contributed by atoms with van der Waals surface area (Å²) in [5.74, 6) is -0.454. The normalized spacial score (nSPS) is 23.5. The predicted octanol–water partition coefficient (Wildman–Crippen LogP) is 2.49. The average molecular weight is 317 g/mol. The fourth-order valence-electron chi connectivity index (χ4n) is 3.59. The first-order valence-corrected chi connectivity index (χ1v) is 8.16. The number of nitrogens with zero attached hydrogens (tertiary/aromatic N) is 1. The number of fused-ring (bicyclic) bond motifs is 1. The van der Waals surface area contributed by atoms with E-state index in [0.717, 1.165) is 36.1 Å². The second-order valence-corrected chi connectivity index (χ2v) is 6.42. The van der Waals surface area contributed by atoms with Crippen molar-refractivity contribution in [2.24, 2.45) is 5.92 Å². The Morgan fingerprint density at radius 3 is 2.78 bits per heavy atom. The van der Waals surface area contributed by atoms with Crippen molar-refractivity contribution >= 4 is 17.6 Å². The van der Waals surface area contributed by atoms with Crippen LogP contribution in [0.2, 0.25) is 0 Å². The molecule has 0 saturated carbocycles. The van der Waals surface area contributed by atoms with Crippen LogP contribution in [0.5, 0.6) is 0 Å². The van der Waals surface area contributed by atoms with E-state index in [0.29, 0.717) is 18.7 Å². The molecule has 2 heterocycles. The molecule has 0 N–H and O–H groups in total. The molecule has 23 heavy (non-hydrogen) atoms. The smallest absolute Gasteiger partial charge is 0.339 e. The van der Waals surface area contributed by atoms with E-state index in [4.69, 9.17) is 9.47 Å². The molecule has 2 atom stereocenters. The maximum atomic E-state index is 13.0. The Morgan fingerprint density at radius 2 is 2.13 bits per heavy atom. The van der Waals surface area contributed by atoms with Crippen LogP contribution >= 0.6 is 0 Å². The second kappa shape index (κ2) is 6.32. The van der Waals surface area contributed by atoms with E-state index < -0.39 is 5.97 Å². The van der Waals surface area contributed by atoms with Gasteiger partial charge in [0.25, 0.3) is 0 Å². The zero-order valence-electron chi connectivity index (χ0n) is 13.9. The summed E-state index contributed by atoms with van der Waals surface area (Å²) in [6.07, 6.45) is 2.65. The minimum atomic E-state index is -0.392. The molecule has 1 amide bonds. The van der Waals surface area contributed by atoms with E-state index in [1.165, 1.54) is 7.11 Å². The highest BCUT2D eigenvalue weighted by Crippen LogP contribution is 2.36. The lowest BCUT2D eigenvalue weighted by Gasteiger charge is -2.33. The molecule has 0 aromatic heterocycles. The molecule has 5 nitrogen and oxygen atoms in total. The molecule has 1 aromatic rings. The Kier molecular flexibility index (Phi) is 4.39. The minimum Gasteiger partial charge on any atom is -0.465 e. The summed E-state index contributed by atoms with van der Waals surface area (Å²) in [5, 5.41) is 0. The third-order valence-corrected chi connectivity index (χ3v) is 4.81. The summed E-state index contributed by atoms with van der Waals surface area (Å²) in [6, 6.07) is 3.69. The average Bonchev–Trinajstić information content (AvgIpc) is 3.00. The fraction of sp³-hybridized carbons (Fsp3) is 0.556. The third-order valence-electron chi connectivity index (χ3n) is 4.81. The highest BCUT2D eigenvalue weighted by Gasteiger charge is 2.36. The van der Waals surface area contributed by atoms with Gasteiger partial charge in [0.2, 0.25) is 5.91 Å². The van der Waals surface area contributed by atoms with Crippen molar-refractivity contribution in [3.63, 3.8) is 0 Å². The lowest BCUT2D eigenvalue weighted by molar-refractivity contribution is -0.122. The lowest BCUT2D eigenvalue weighted by Crippen LogP contribution is -2.41. The number of ether oxygens (including phenoxy) is 2. The Balaban J connectivity index is 2.02. The van der Waals surface area contributed by atoms with Crippen LogP contribution in [0.4, 0.5) is 5.69 Å². The van der Waals surface area contributed by atoms with E-state index in [9.17, 15) is 9.59 Å². The van der Waals surface area contributed by atoms with Crippen molar-refractivity contribution < 1.29 is 19.1 Å². The Bertz CT molecular complexity index is 640. The van der Waals surface area contributed by atoms with Crippen molar-refractivity contribution in [2.75, 3.05) is 25.2 Å². The summed E-state index contributed by atoms with van der Waals surface area (Å²) >= 11 is 0. The van der Waals surface area contributed by atoms with Crippen LogP contribution in [0.3, 0.4) is 0 Å². The van der Waals surface area contributed by atoms with E-state index in [2.05, 4.69) is 0 Å². The number of amides is 1. The number of anilines is 1. The molecule has 0 radical (unpaired) electrons. The van der Waals surface area contributed by atoms with Crippen LogP contribution < -0.4 is 4.90 Å². The van der Waals surface area contributed by atoms with E-state index >= 15 is 0 Å². The summed E-state index contributed by atoms with van der Waals surface area (Å²) in [5.41, 5.74) is 3.42. The standard InChI is InChI=1S/C18H23NO4/c1-11-6-7-15(18(21)22-3)16-14(11)5-4-8-19(16)17(20)13-9-12(2)23-10-13/h6-7,12-13H,4-5,8-10H2,1-3H3. The quantitative estimate of drug-likeness (QED) is 0.786. The summed E-state index contributed by atoms with van der Waals surface area (Å²) in [4.78, 5) is 26.9. The van der Waals surface area contributed by atoms with Gasteiger partial charge in [-0.3, -0.25) is 4.79 Å². The van der Waals surface area contributed by atoms with Crippen molar-refractivity contribution in [2.45, 2.75) is 39.2 Å². The molecule has 2 unspecified atom stereocenters. The first-order chi connectivity index (χ1) is 11.0. The molecule has 5 heteroatoms. The number of aryl methyl sites for hydroxylation is 1. The molecule has 2 aliphatic heterocycles. The molecule has 2 aliphatic rings. The maximum Gasteiger partial charge on any atom is 0.339 e. The van der Waals surface area contributed by atoms with Gasteiger partial charge in [-0.2, -0.15) is 0 Å². The van der Waals surface area contributed by atoms with E-state index in [-0.39, 0.29) is 17.9 Å². The topological polar surface area (TPSA) is 55.8 Å². The first-order valence-electron chi connectivity index (χ1n) is 8.16. The molecule has 124 valence electrons. The molecule has 0 bridgehead atoms. The first kappa shape index (κ1) is 16.0. The predicted molar refractivity (Wildman–Crippen MR) is 86.7 cm³/mol.